The number of hydrogen-bond acceptors (Lipinski definition) is 3. The zero-order valence-electron chi connectivity index (χ0n) is 15.6. The molecule has 0 bridgehead atoms. The third kappa shape index (κ3) is 7.67. The first-order valence-corrected chi connectivity index (χ1v) is 8.85. The monoisotopic (exact) mass is 494 g/mol. The van der Waals surface area contributed by atoms with Crippen molar-refractivity contribution in [2.75, 3.05) is 47.4 Å². The number of nitrogens with zero attached hydrogens (tertiary/aromatic N) is 3. The van der Waals surface area contributed by atoms with Crippen molar-refractivity contribution in [3.8, 4) is 0 Å². The lowest BCUT2D eigenvalue weighted by atomic mass is 10.1. The van der Waals surface area contributed by atoms with Crippen LogP contribution in [0.4, 0.5) is 0 Å². The number of carbonyl (C=O) groups excluding carboxylic acids is 1. The minimum absolute atomic E-state index is 0. The number of halogens is 2. The molecule has 1 heterocycles. The Morgan fingerprint density at radius 1 is 1.31 bits per heavy atom. The standard InChI is InChI=1S/C18H27ClN4O2.HI/c1-22(2)17(24)11-21-18(20-10-15-8-9-25-13-15)23(3)12-14-4-6-16(19)7-5-14;/h4-7,15H,8-13H2,1-3H3,(H,20,21);1H. The molecule has 1 unspecified atom stereocenters. The maximum Gasteiger partial charge on any atom is 0.243 e. The van der Waals surface area contributed by atoms with E-state index in [1.165, 1.54) is 0 Å². The topological polar surface area (TPSA) is 57.2 Å². The fourth-order valence-electron chi connectivity index (χ4n) is 2.51. The van der Waals surface area contributed by atoms with Crippen molar-refractivity contribution in [3.05, 3.63) is 34.9 Å². The molecule has 0 aliphatic carbocycles. The zero-order chi connectivity index (χ0) is 18.2. The van der Waals surface area contributed by atoms with E-state index in [2.05, 4.69) is 10.3 Å². The molecule has 1 aromatic rings. The van der Waals surface area contributed by atoms with Gasteiger partial charge in [0.2, 0.25) is 5.91 Å². The number of nitrogens with one attached hydrogen (secondary N) is 1. The number of likely N-dealkylation sites (N-methyl/N-ethyl adjacent to an activating group) is 1. The summed E-state index contributed by atoms with van der Waals surface area (Å²) >= 11 is 5.94. The zero-order valence-corrected chi connectivity index (χ0v) is 18.7. The summed E-state index contributed by atoms with van der Waals surface area (Å²) in [5.41, 5.74) is 1.13. The number of guanidine groups is 1. The predicted molar refractivity (Wildman–Crippen MR) is 116 cm³/mol. The normalized spacial score (nSPS) is 16.8. The van der Waals surface area contributed by atoms with Crippen LogP contribution in [0.2, 0.25) is 5.02 Å². The Morgan fingerprint density at radius 2 is 2.00 bits per heavy atom. The average molecular weight is 495 g/mol. The summed E-state index contributed by atoms with van der Waals surface area (Å²) in [6.07, 6.45) is 1.05. The second kappa shape index (κ2) is 11.6. The van der Waals surface area contributed by atoms with Crippen LogP contribution in [0.15, 0.2) is 29.3 Å². The van der Waals surface area contributed by atoms with E-state index < -0.39 is 0 Å². The lowest BCUT2D eigenvalue weighted by Gasteiger charge is -2.24. The van der Waals surface area contributed by atoms with Gasteiger partial charge in [0.25, 0.3) is 0 Å². The minimum Gasteiger partial charge on any atom is -0.381 e. The van der Waals surface area contributed by atoms with E-state index in [4.69, 9.17) is 16.3 Å². The van der Waals surface area contributed by atoms with Gasteiger partial charge in [0, 0.05) is 51.8 Å². The summed E-state index contributed by atoms with van der Waals surface area (Å²) in [6.45, 7) is 3.19. The minimum atomic E-state index is -0.0246. The van der Waals surface area contributed by atoms with Crippen LogP contribution >= 0.6 is 35.6 Å². The quantitative estimate of drug-likeness (QED) is 0.375. The Morgan fingerprint density at radius 3 is 2.58 bits per heavy atom. The van der Waals surface area contributed by atoms with Gasteiger partial charge in [-0.1, -0.05) is 23.7 Å². The number of ether oxygens (including phenoxy) is 1. The van der Waals surface area contributed by atoms with Crippen LogP contribution in [0.3, 0.4) is 0 Å². The van der Waals surface area contributed by atoms with E-state index in [0.717, 1.165) is 42.7 Å². The smallest absolute Gasteiger partial charge is 0.243 e. The number of hydrogen-bond donors (Lipinski definition) is 1. The molecule has 0 aromatic heterocycles. The van der Waals surface area contributed by atoms with Gasteiger partial charge in [0.1, 0.15) is 6.54 Å². The van der Waals surface area contributed by atoms with E-state index in [1.807, 2.05) is 36.2 Å². The number of amides is 1. The Hall–Kier alpha value is -1.06. The van der Waals surface area contributed by atoms with Crippen molar-refractivity contribution in [2.45, 2.75) is 13.0 Å². The van der Waals surface area contributed by atoms with Gasteiger partial charge in [-0.3, -0.25) is 4.79 Å². The molecule has 6 nitrogen and oxygen atoms in total. The van der Waals surface area contributed by atoms with Gasteiger partial charge in [0.05, 0.1) is 6.61 Å². The highest BCUT2D eigenvalue weighted by Crippen LogP contribution is 2.12. The molecule has 1 fully saturated rings. The molecular formula is C18H28ClIN4O2. The van der Waals surface area contributed by atoms with Gasteiger partial charge in [-0.25, -0.2) is 4.99 Å². The fraction of sp³-hybridized carbons (Fsp3) is 0.556. The first kappa shape index (κ1) is 23.0. The lowest BCUT2D eigenvalue weighted by molar-refractivity contribution is -0.127. The van der Waals surface area contributed by atoms with Crippen LogP contribution in [-0.4, -0.2) is 69.1 Å². The molecule has 146 valence electrons. The van der Waals surface area contributed by atoms with E-state index in [0.29, 0.717) is 12.5 Å². The second-order valence-corrected chi connectivity index (χ2v) is 6.96. The number of rotatable bonds is 6. The molecule has 0 radical (unpaired) electrons. The third-order valence-electron chi connectivity index (χ3n) is 4.13. The van der Waals surface area contributed by atoms with E-state index in [1.54, 1.807) is 19.0 Å². The van der Waals surface area contributed by atoms with Gasteiger partial charge >= 0.3 is 0 Å². The fourth-order valence-corrected chi connectivity index (χ4v) is 2.64. The van der Waals surface area contributed by atoms with Crippen molar-refractivity contribution >= 4 is 47.4 Å². The van der Waals surface area contributed by atoms with E-state index in [-0.39, 0.29) is 36.4 Å². The predicted octanol–water partition coefficient (Wildman–Crippen LogP) is 2.46. The highest BCUT2D eigenvalue weighted by atomic mass is 127. The van der Waals surface area contributed by atoms with Crippen LogP contribution in [0.5, 0.6) is 0 Å². The Bertz CT molecular complexity index is 589. The molecule has 1 aromatic carbocycles. The summed E-state index contributed by atoms with van der Waals surface area (Å²) in [6, 6.07) is 7.74. The lowest BCUT2D eigenvalue weighted by Crippen LogP contribution is -2.41. The van der Waals surface area contributed by atoms with Crippen LogP contribution < -0.4 is 5.32 Å². The van der Waals surface area contributed by atoms with Crippen LogP contribution in [-0.2, 0) is 16.1 Å². The maximum absolute atomic E-state index is 11.9. The molecule has 1 saturated heterocycles. The number of benzene rings is 1. The van der Waals surface area contributed by atoms with Gasteiger partial charge in [-0.15, -0.1) is 24.0 Å². The highest BCUT2D eigenvalue weighted by Gasteiger charge is 2.17. The van der Waals surface area contributed by atoms with Crippen molar-refractivity contribution in [1.29, 1.82) is 0 Å². The second-order valence-electron chi connectivity index (χ2n) is 6.52. The summed E-state index contributed by atoms with van der Waals surface area (Å²) in [5, 5.41) is 4.11. The highest BCUT2D eigenvalue weighted by molar-refractivity contribution is 14.0. The number of aliphatic imine (C=N–C) groups is 1. The first-order chi connectivity index (χ1) is 12.0. The maximum atomic E-state index is 11.9. The third-order valence-corrected chi connectivity index (χ3v) is 4.38. The molecular weight excluding hydrogens is 467 g/mol. The van der Waals surface area contributed by atoms with Crippen molar-refractivity contribution < 1.29 is 9.53 Å². The Labute approximate surface area is 177 Å². The largest absolute Gasteiger partial charge is 0.381 e. The molecule has 1 amide bonds. The summed E-state index contributed by atoms with van der Waals surface area (Å²) in [5.74, 6) is 1.18. The molecule has 0 spiro atoms. The van der Waals surface area contributed by atoms with Gasteiger partial charge in [-0.05, 0) is 24.1 Å². The average Bonchev–Trinajstić information content (AvgIpc) is 3.10. The Balaban J connectivity index is 0.00000338. The SMILES string of the molecule is CN(C)C(=O)CN=C(NCC1CCOC1)N(C)Cc1ccc(Cl)cc1.I. The molecule has 8 heteroatoms. The number of carbonyl (C=O) groups is 1. The van der Waals surface area contributed by atoms with Crippen molar-refractivity contribution in [3.63, 3.8) is 0 Å². The summed E-state index contributed by atoms with van der Waals surface area (Å²) in [7, 11) is 5.43. The van der Waals surface area contributed by atoms with Crippen LogP contribution in [0, 0.1) is 5.92 Å². The van der Waals surface area contributed by atoms with Crippen LogP contribution in [0.1, 0.15) is 12.0 Å². The molecule has 1 aliphatic heterocycles. The summed E-state index contributed by atoms with van der Waals surface area (Å²) in [4.78, 5) is 19.9. The summed E-state index contributed by atoms with van der Waals surface area (Å²) < 4.78 is 5.42. The van der Waals surface area contributed by atoms with E-state index in [9.17, 15) is 4.79 Å². The molecule has 1 atom stereocenters. The molecule has 1 aliphatic rings. The van der Waals surface area contributed by atoms with Gasteiger partial charge in [-0.2, -0.15) is 0 Å². The molecule has 1 N–H and O–H groups in total. The molecule has 0 saturated carbocycles. The van der Waals surface area contributed by atoms with Crippen molar-refractivity contribution in [1.82, 2.24) is 15.1 Å². The Kier molecular flexibility index (Phi) is 10.3. The molecule has 26 heavy (non-hydrogen) atoms. The van der Waals surface area contributed by atoms with Gasteiger partial charge < -0.3 is 19.9 Å². The molecule has 2 rings (SSSR count). The van der Waals surface area contributed by atoms with Crippen molar-refractivity contribution in [2.24, 2.45) is 10.9 Å². The first-order valence-electron chi connectivity index (χ1n) is 8.47. The van der Waals surface area contributed by atoms with E-state index >= 15 is 0 Å². The van der Waals surface area contributed by atoms with Crippen LogP contribution in [0.25, 0.3) is 0 Å². The van der Waals surface area contributed by atoms with Gasteiger partial charge in [0.15, 0.2) is 5.96 Å².